The number of hydrogen-bond donors (Lipinski definition) is 0. The molecule has 0 bridgehead atoms. The number of halogens is 3. The van der Waals surface area contributed by atoms with E-state index >= 15 is 0 Å². The van der Waals surface area contributed by atoms with Crippen LogP contribution < -0.4 is 0 Å². The Morgan fingerprint density at radius 2 is 2.18 bits per heavy atom. The summed E-state index contributed by atoms with van der Waals surface area (Å²) in [5.41, 5.74) is 0.661. The van der Waals surface area contributed by atoms with E-state index in [9.17, 15) is 4.39 Å². The molecule has 3 heteroatoms. The lowest BCUT2D eigenvalue weighted by molar-refractivity contribution is 0.613. The van der Waals surface area contributed by atoms with Crippen molar-refractivity contribution in [1.29, 1.82) is 0 Å². The molecule has 0 N–H and O–H groups in total. The van der Waals surface area contributed by atoms with E-state index in [-0.39, 0.29) is 5.82 Å². The summed E-state index contributed by atoms with van der Waals surface area (Å²) in [6, 6.07) is 4.59. The van der Waals surface area contributed by atoms with Crippen LogP contribution in [0.25, 0.3) is 0 Å². The summed E-state index contributed by atoms with van der Waals surface area (Å²) < 4.78 is 12.9. The molecule has 1 aromatic carbocycles. The smallest absolute Gasteiger partial charge is 0.126 e. The molecule has 60 valence electrons. The summed E-state index contributed by atoms with van der Waals surface area (Å²) in [6.45, 7) is 0. The highest BCUT2D eigenvalue weighted by atomic mass is 79.9. The molecule has 0 heterocycles. The molecule has 0 nitrogen and oxygen atoms in total. The zero-order valence-corrected chi connectivity index (χ0v) is 8.12. The Hall–Kier alpha value is -0.0800. The fourth-order valence-electron chi connectivity index (χ4n) is 0.837. The van der Waals surface area contributed by atoms with Crippen molar-refractivity contribution in [2.24, 2.45) is 0 Å². The van der Waals surface area contributed by atoms with Gasteiger partial charge in [-0.3, -0.25) is 0 Å². The summed E-state index contributed by atoms with van der Waals surface area (Å²) >= 11 is 8.91. The third-order valence-corrected chi connectivity index (χ3v) is 2.00. The number of alkyl halides is 1. The predicted octanol–water partition coefficient (Wildman–Crippen LogP) is 3.42. The van der Waals surface area contributed by atoms with Crippen molar-refractivity contribution in [2.45, 2.75) is 6.42 Å². The molecule has 0 saturated carbocycles. The van der Waals surface area contributed by atoms with E-state index in [0.29, 0.717) is 17.0 Å². The van der Waals surface area contributed by atoms with Crippen LogP contribution in [-0.2, 0) is 6.42 Å². The second-order valence-corrected chi connectivity index (χ2v) is 3.40. The molecule has 0 aliphatic rings. The van der Waals surface area contributed by atoms with E-state index < -0.39 is 0 Å². The Kier molecular flexibility index (Phi) is 3.34. The van der Waals surface area contributed by atoms with Crippen LogP contribution in [0.4, 0.5) is 4.39 Å². The van der Waals surface area contributed by atoms with Gasteiger partial charge in [0.25, 0.3) is 0 Å². The van der Waals surface area contributed by atoms with E-state index in [1.807, 2.05) is 0 Å². The molecular weight excluding hydrogens is 230 g/mol. The second-order valence-electron chi connectivity index (χ2n) is 2.17. The summed E-state index contributed by atoms with van der Waals surface area (Å²) in [5.74, 6) is -0.186. The van der Waals surface area contributed by atoms with E-state index in [0.717, 1.165) is 5.33 Å². The first kappa shape index (κ1) is 9.01. The number of rotatable bonds is 2. The van der Waals surface area contributed by atoms with Gasteiger partial charge in [0.05, 0.1) is 0 Å². The van der Waals surface area contributed by atoms with Gasteiger partial charge in [-0.25, -0.2) is 4.39 Å². The van der Waals surface area contributed by atoms with Gasteiger partial charge in [-0.05, 0) is 30.2 Å². The Labute approximate surface area is 78.5 Å². The summed E-state index contributed by atoms with van der Waals surface area (Å²) in [7, 11) is 0. The van der Waals surface area contributed by atoms with Gasteiger partial charge in [0, 0.05) is 10.4 Å². The highest BCUT2D eigenvalue weighted by molar-refractivity contribution is 9.09. The third kappa shape index (κ3) is 2.46. The van der Waals surface area contributed by atoms with Gasteiger partial charge < -0.3 is 0 Å². The van der Waals surface area contributed by atoms with E-state index in [1.54, 1.807) is 12.1 Å². The minimum atomic E-state index is -0.186. The quantitative estimate of drug-likeness (QED) is 0.692. The molecular formula is C8H7BrClF. The molecule has 0 saturated heterocycles. The molecule has 0 unspecified atom stereocenters. The normalized spacial score (nSPS) is 10.1. The fraction of sp³-hybridized carbons (Fsp3) is 0.250. The van der Waals surface area contributed by atoms with E-state index in [2.05, 4.69) is 15.9 Å². The first-order valence-electron chi connectivity index (χ1n) is 3.24. The first-order valence-corrected chi connectivity index (χ1v) is 4.74. The zero-order chi connectivity index (χ0) is 8.27. The van der Waals surface area contributed by atoms with Gasteiger partial charge in [0.2, 0.25) is 0 Å². The Morgan fingerprint density at radius 3 is 2.82 bits per heavy atom. The Bertz CT molecular complexity index is 250. The monoisotopic (exact) mass is 236 g/mol. The van der Waals surface area contributed by atoms with Crippen LogP contribution in [0.5, 0.6) is 0 Å². The number of benzene rings is 1. The van der Waals surface area contributed by atoms with Crippen molar-refractivity contribution < 1.29 is 4.39 Å². The van der Waals surface area contributed by atoms with Crippen LogP contribution in [0.3, 0.4) is 0 Å². The van der Waals surface area contributed by atoms with Crippen LogP contribution >= 0.6 is 27.5 Å². The molecule has 0 fully saturated rings. The lowest BCUT2D eigenvalue weighted by atomic mass is 10.2. The van der Waals surface area contributed by atoms with Crippen LogP contribution in [0, 0.1) is 5.82 Å². The van der Waals surface area contributed by atoms with Crippen molar-refractivity contribution in [3.05, 3.63) is 34.6 Å². The topological polar surface area (TPSA) is 0 Å². The average molecular weight is 237 g/mol. The second kappa shape index (κ2) is 4.07. The standard InChI is InChI=1S/C8H7BrClF/c9-4-3-6-5-7(10)1-2-8(6)11/h1-2,5H,3-4H2. The van der Waals surface area contributed by atoms with Crippen LogP contribution in [0.1, 0.15) is 5.56 Å². The molecule has 0 amide bonds. The minimum absolute atomic E-state index is 0.186. The maximum absolute atomic E-state index is 12.9. The van der Waals surface area contributed by atoms with Crippen LogP contribution in [0.2, 0.25) is 5.02 Å². The van der Waals surface area contributed by atoms with Crippen molar-refractivity contribution >= 4 is 27.5 Å². The average Bonchev–Trinajstić information content (AvgIpc) is 1.98. The van der Waals surface area contributed by atoms with Crippen LogP contribution in [-0.4, -0.2) is 5.33 Å². The Balaban J connectivity index is 2.93. The van der Waals surface area contributed by atoms with Crippen molar-refractivity contribution in [1.82, 2.24) is 0 Å². The van der Waals surface area contributed by atoms with Crippen molar-refractivity contribution in [3.63, 3.8) is 0 Å². The number of hydrogen-bond acceptors (Lipinski definition) is 0. The number of aryl methyl sites for hydroxylation is 1. The summed E-state index contributed by atoms with van der Waals surface area (Å²) in [4.78, 5) is 0. The van der Waals surface area contributed by atoms with Gasteiger partial charge in [-0.15, -0.1) is 0 Å². The third-order valence-electron chi connectivity index (χ3n) is 1.37. The molecule has 0 spiro atoms. The molecule has 1 aromatic rings. The molecule has 1 rings (SSSR count). The van der Waals surface area contributed by atoms with E-state index in [1.165, 1.54) is 6.07 Å². The molecule has 0 radical (unpaired) electrons. The van der Waals surface area contributed by atoms with Gasteiger partial charge in [-0.1, -0.05) is 27.5 Å². The van der Waals surface area contributed by atoms with Gasteiger partial charge in [0.1, 0.15) is 5.82 Å². The van der Waals surface area contributed by atoms with Crippen molar-refractivity contribution in [2.75, 3.05) is 5.33 Å². The van der Waals surface area contributed by atoms with Gasteiger partial charge >= 0.3 is 0 Å². The lowest BCUT2D eigenvalue weighted by Gasteiger charge is -1.99. The first-order chi connectivity index (χ1) is 5.24. The van der Waals surface area contributed by atoms with Gasteiger partial charge in [0.15, 0.2) is 0 Å². The highest BCUT2D eigenvalue weighted by Gasteiger charge is 2.00. The molecule has 0 aromatic heterocycles. The Morgan fingerprint density at radius 1 is 1.45 bits per heavy atom. The van der Waals surface area contributed by atoms with Crippen LogP contribution in [0.15, 0.2) is 18.2 Å². The van der Waals surface area contributed by atoms with E-state index in [4.69, 9.17) is 11.6 Å². The minimum Gasteiger partial charge on any atom is -0.207 e. The summed E-state index contributed by atoms with van der Waals surface area (Å²) in [5, 5.41) is 1.34. The predicted molar refractivity (Wildman–Crippen MR) is 48.9 cm³/mol. The zero-order valence-electron chi connectivity index (χ0n) is 5.78. The maximum atomic E-state index is 12.9. The highest BCUT2D eigenvalue weighted by Crippen LogP contribution is 2.15. The maximum Gasteiger partial charge on any atom is 0.126 e. The van der Waals surface area contributed by atoms with Gasteiger partial charge in [-0.2, -0.15) is 0 Å². The molecule has 0 atom stereocenters. The molecule has 0 aliphatic carbocycles. The summed E-state index contributed by atoms with van der Waals surface area (Å²) in [6.07, 6.45) is 0.673. The molecule has 11 heavy (non-hydrogen) atoms. The molecule has 0 aliphatic heterocycles. The SMILES string of the molecule is Fc1ccc(Cl)cc1CCBr. The largest absolute Gasteiger partial charge is 0.207 e. The fourth-order valence-corrected chi connectivity index (χ4v) is 1.46. The lowest BCUT2D eigenvalue weighted by Crippen LogP contribution is -1.90. The van der Waals surface area contributed by atoms with Crippen molar-refractivity contribution in [3.8, 4) is 0 Å².